The molecule has 6 heteroatoms. The molecule has 0 spiro atoms. The number of nitrogens with zero attached hydrogens (tertiary/aromatic N) is 1. The maximum Gasteiger partial charge on any atom is 0.337 e. The molecule has 19 heavy (non-hydrogen) atoms. The molecule has 1 amide bonds. The molecule has 0 unspecified atom stereocenters. The van der Waals surface area contributed by atoms with Gasteiger partial charge in [-0.1, -0.05) is 6.42 Å². The lowest BCUT2D eigenvalue weighted by atomic mass is 9.84. The molecule has 0 atom stereocenters. The van der Waals surface area contributed by atoms with E-state index in [2.05, 4.69) is 16.6 Å². The van der Waals surface area contributed by atoms with Gasteiger partial charge in [0, 0.05) is 17.5 Å². The van der Waals surface area contributed by atoms with Gasteiger partial charge < -0.3 is 10.4 Å². The fraction of sp³-hybridized carbons (Fsp3) is 0.462. The van der Waals surface area contributed by atoms with Gasteiger partial charge in [0.25, 0.3) is 5.91 Å². The summed E-state index contributed by atoms with van der Waals surface area (Å²) in [7, 11) is 0. The van der Waals surface area contributed by atoms with Crippen LogP contribution in [0, 0.1) is 0 Å². The monoisotopic (exact) mass is 280 g/mol. The Morgan fingerprint density at radius 1 is 1.47 bits per heavy atom. The predicted octanol–water partition coefficient (Wildman–Crippen LogP) is 1.80. The van der Waals surface area contributed by atoms with E-state index in [0.717, 1.165) is 12.8 Å². The Kier molecular flexibility index (Phi) is 4.09. The molecule has 1 aromatic rings. The lowest BCUT2D eigenvalue weighted by molar-refractivity contribution is 0.0695. The molecule has 0 aromatic carbocycles. The highest BCUT2D eigenvalue weighted by molar-refractivity contribution is 8.00. The van der Waals surface area contributed by atoms with Crippen molar-refractivity contribution in [2.45, 2.75) is 24.0 Å². The Hall–Kier alpha value is -1.56. The first-order chi connectivity index (χ1) is 9.06. The molecule has 0 aliphatic heterocycles. The van der Waals surface area contributed by atoms with Gasteiger partial charge in [-0.2, -0.15) is 11.8 Å². The minimum atomic E-state index is -1.05. The second-order valence-electron chi connectivity index (χ2n) is 4.66. The Bertz CT molecular complexity index is 478. The average molecular weight is 280 g/mol. The summed E-state index contributed by atoms with van der Waals surface area (Å²) < 4.78 is 0.177. The molecule has 0 bridgehead atoms. The van der Waals surface area contributed by atoms with Crippen molar-refractivity contribution >= 4 is 23.6 Å². The van der Waals surface area contributed by atoms with Crippen molar-refractivity contribution in [3.05, 3.63) is 29.6 Å². The molecule has 1 fully saturated rings. The van der Waals surface area contributed by atoms with Gasteiger partial charge >= 0.3 is 5.97 Å². The highest BCUT2D eigenvalue weighted by Gasteiger charge is 2.36. The normalized spacial score (nSPS) is 16.5. The first-order valence-corrected chi connectivity index (χ1v) is 7.31. The second kappa shape index (κ2) is 5.61. The number of carboxylic acid groups (broad SMARTS) is 1. The van der Waals surface area contributed by atoms with E-state index in [9.17, 15) is 9.59 Å². The van der Waals surface area contributed by atoms with Crippen LogP contribution in [0.4, 0.5) is 0 Å². The highest BCUT2D eigenvalue weighted by Crippen LogP contribution is 2.42. The van der Waals surface area contributed by atoms with E-state index in [1.165, 1.54) is 24.8 Å². The quantitative estimate of drug-likeness (QED) is 0.859. The summed E-state index contributed by atoms with van der Waals surface area (Å²) in [4.78, 5) is 26.4. The van der Waals surface area contributed by atoms with Crippen LogP contribution < -0.4 is 5.32 Å². The van der Waals surface area contributed by atoms with Crippen molar-refractivity contribution in [2.24, 2.45) is 0 Å². The van der Waals surface area contributed by atoms with Crippen molar-refractivity contribution in [1.82, 2.24) is 10.3 Å². The first-order valence-electron chi connectivity index (χ1n) is 6.09. The highest BCUT2D eigenvalue weighted by atomic mass is 32.2. The summed E-state index contributed by atoms with van der Waals surface area (Å²) in [5.41, 5.74) is 0.330. The molecular formula is C13H16N2O3S. The SMILES string of the molecule is CSC1(CNC(=O)c2ccc(C(=O)O)cn2)CCC1. The van der Waals surface area contributed by atoms with E-state index in [-0.39, 0.29) is 21.9 Å². The van der Waals surface area contributed by atoms with E-state index in [1.807, 2.05) is 0 Å². The fourth-order valence-corrected chi connectivity index (χ4v) is 2.92. The Labute approximate surface area is 115 Å². The number of hydrogen-bond acceptors (Lipinski definition) is 4. The third-order valence-corrected chi connectivity index (χ3v) is 4.93. The van der Waals surface area contributed by atoms with Gasteiger partial charge in [-0.15, -0.1) is 0 Å². The van der Waals surface area contributed by atoms with Crippen LogP contribution in [-0.2, 0) is 0 Å². The van der Waals surface area contributed by atoms with Crippen molar-refractivity contribution in [2.75, 3.05) is 12.8 Å². The summed E-state index contributed by atoms with van der Waals surface area (Å²) >= 11 is 1.79. The number of aromatic nitrogens is 1. The molecule has 1 aliphatic carbocycles. The minimum absolute atomic E-state index is 0.0797. The molecule has 1 aromatic heterocycles. The maximum atomic E-state index is 11.9. The number of rotatable bonds is 5. The lowest BCUT2D eigenvalue weighted by Gasteiger charge is -2.40. The molecular weight excluding hydrogens is 264 g/mol. The van der Waals surface area contributed by atoms with Crippen molar-refractivity contribution in [3.8, 4) is 0 Å². The van der Waals surface area contributed by atoms with Crippen LogP contribution in [0.1, 0.15) is 40.1 Å². The zero-order valence-electron chi connectivity index (χ0n) is 10.7. The first kappa shape index (κ1) is 13.9. The maximum absolute atomic E-state index is 11.9. The molecule has 102 valence electrons. The zero-order chi connectivity index (χ0) is 13.9. The molecule has 1 aliphatic rings. The summed E-state index contributed by atoms with van der Waals surface area (Å²) in [6.07, 6.45) is 6.72. The standard InChI is InChI=1S/C13H16N2O3S/c1-19-13(5-2-6-13)8-15-11(16)10-4-3-9(7-14-10)12(17)18/h3-4,7H,2,5-6,8H2,1H3,(H,15,16)(H,17,18). The molecule has 2 N–H and O–H groups in total. The largest absolute Gasteiger partial charge is 0.478 e. The number of amides is 1. The number of aromatic carboxylic acids is 1. The summed E-state index contributed by atoms with van der Waals surface area (Å²) in [5.74, 6) is -1.30. The van der Waals surface area contributed by atoms with E-state index in [4.69, 9.17) is 5.11 Å². The van der Waals surface area contributed by atoms with Gasteiger partial charge in [0.15, 0.2) is 0 Å². The van der Waals surface area contributed by atoms with Crippen LogP contribution in [0.5, 0.6) is 0 Å². The lowest BCUT2D eigenvalue weighted by Crippen LogP contribution is -2.45. The fourth-order valence-electron chi connectivity index (χ4n) is 2.01. The van der Waals surface area contributed by atoms with E-state index in [1.54, 1.807) is 11.8 Å². The zero-order valence-corrected chi connectivity index (χ0v) is 11.5. The summed E-state index contributed by atoms with van der Waals surface area (Å²) in [6, 6.07) is 2.82. The van der Waals surface area contributed by atoms with E-state index >= 15 is 0 Å². The third kappa shape index (κ3) is 3.07. The number of thioether (sulfide) groups is 1. The van der Waals surface area contributed by atoms with Crippen LogP contribution in [0.3, 0.4) is 0 Å². The van der Waals surface area contributed by atoms with Crippen LogP contribution in [-0.4, -0.2) is 39.5 Å². The predicted molar refractivity (Wildman–Crippen MR) is 73.6 cm³/mol. The van der Waals surface area contributed by atoms with Gasteiger partial charge in [0.2, 0.25) is 0 Å². The van der Waals surface area contributed by atoms with Crippen LogP contribution in [0.25, 0.3) is 0 Å². The summed E-state index contributed by atoms with van der Waals surface area (Å²) in [5, 5.41) is 11.6. The van der Waals surface area contributed by atoms with Crippen LogP contribution in [0.2, 0.25) is 0 Å². The van der Waals surface area contributed by atoms with Gasteiger partial charge in [0.1, 0.15) is 5.69 Å². The number of nitrogens with one attached hydrogen (secondary N) is 1. The molecule has 5 nitrogen and oxygen atoms in total. The van der Waals surface area contributed by atoms with Crippen LogP contribution >= 0.6 is 11.8 Å². The molecule has 1 heterocycles. The Balaban J connectivity index is 1.94. The van der Waals surface area contributed by atoms with Crippen molar-refractivity contribution in [3.63, 3.8) is 0 Å². The Morgan fingerprint density at radius 2 is 2.21 bits per heavy atom. The van der Waals surface area contributed by atoms with Gasteiger partial charge in [-0.3, -0.25) is 9.78 Å². The average Bonchev–Trinajstić information content (AvgIpc) is 2.38. The third-order valence-electron chi connectivity index (χ3n) is 3.51. The smallest absolute Gasteiger partial charge is 0.337 e. The number of carbonyl (C=O) groups is 2. The summed E-state index contributed by atoms with van der Waals surface area (Å²) in [6.45, 7) is 0.634. The molecule has 2 rings (SSSR count). The van der Waals surface area contributed by atoms with Gasteiger partial charge in [-0.05, 0) is 31.2 Å². The van der Waals surface area contributed by atoms with Gasteiger partial charge in [-0.25, -0.2) is 4.79 Å². The van der Waals surface area contributed by atoms with E-state index in [0.29, 0.717) is 6.54 Å². The van der Waals surface area contributed by atoms with Crippen molar-refractivity contribution < 1.29 is 14.7 Å². The minimum Gasteiger partial charge on any atom is -0.478 e. The topological polar surface area (TPSA) is 79.3 Å². The van der Waals surface area contributed by atoms with E-state index < -0.39 is 5.97 Å². The molecule has 1 saturated carbocycles. The molecule has 0 saturated heterocycles. The molecule has 0 radical (unpaired) electrons. The van der Waals surface area contributed by atoms with Crippen LogP contribution in [0.15, 0.2) is 18.3 Å². The number of hydrogen-bond donors (Lipinski definition) is 2. The van der Waals surface area contributed by atoms with Crippen molar-refractivity contribution in [1.29, 1.82) is 0 Å². The number of carbonyl (C=O) groups excluding carboxylic acids is 1. The Morgan fingerprint density at radius 3 is 2.63 bits per heavy atom. The second-order valence-corrected chi connectivity index (χ2v) is 5.93. The van der Waals surface area contributed by atoms with Gasteiger partial charge in [0.05, 0.1) is 5.56 Å². The number of carboxylic acids is 1. The number of pyridine rings is 1.